The number of hydrogen-bond donors (Lipinski definition) is 0. The van der Waals surface area contributed by atoms with Crippen LogP contribution in [0.1, 0.15) is 93.1 Å². The number of methoxy groups -OCH3 is 1. The monoisotopic (exact) mass is 396 g/mol. The third kappa shape index (κ3) is 3.69. The van der Waals surface area contributed by atoms with Crippen LogP contribution in [0.5, 0.6) is 5.75 Å². The number of benzene rings is 1. The number of ketones is 2. The summed E-state index contributed by atoms with van der Waals surface area (Å²) in [5, 5.41) is 0. The third-order valence-corrected chi connectivity index (χ3v) is 7.79. The number of Topliss-reactive ketones (excluding diaryl/α,β-unsaturated/α-hetero) is 2. The van der Waals surface area contributed by atoms with Gasteiger partial charge in [0.15, 0.2) is 5.78 Å². The van der Waals surface area contributed by atoms with Gasteiger partial charge in [-0.15, -0.1) is 6.58 Å². The van der Waals surface area contributed by atoms with E-state index in [1.165, 1.54) is 17.5 Å². The number of carbonyl (C=O) groups excluding carboxylic acids is 2. The van der Waals surface area contributed by atoms with E-state index in [0.29, 0.717) is 34.8 Å². The molecule has 3 aliphatic carbocycles. The van der Waals surface area contributed by atoms with Crippen molar-refractivity contribution in [2.75, 3.05) is 7.11 Å². The van der Waals surface area contributed by atoms with Crippen LogP contribution in [0.2, 0.25) is 0 Å². The molecule has 0 radical (unpaired) electrons. The van der Waals surface area contributed by atoms with Gasteiger partial charge in [-0.05, 0) is 92.9 Å². The zero-order valence-electron chi connectivity index (χ0n) is 18.6. The maximum Gasteiger partial charge on any atom is 0.163 e. The fraction of sp³-hybridized carbons (Fsp3) is 0.615. The van der Waals surface area contributed by atoms with Gasteiger partial charge in [0.05, 0.1) is 12.7 Å². The van der Waals surface area contributed by atoms with E-state index in [1.807, 2.05) is 6.08 Å². The Hall–Kier alpha value is -1.90. The van der Waals surface area contributed by atoms with Crippen LogP contribution >= 0.6 is 0 Å². The standard InChI is InChI=1S/C22H28O3.C4H8/c1-4-22-10-9-15-16(19(22)7-8-21(22)24)6-5-14-11-20(25-3)17(13(2)23)12-18(14)15;1-3-4-2/h11-12,15-16,19H,4-10H2,1-3H3;3H,1,4H2,2H3. The highest BCUT2D eigenvalue weighted by molar-refractivity contribution is 5.97. The first kappa shape index (κ1) is 21.8. The lowest BCUT2D eigenvalue weighted by atomic mass is 9.54. The molecule has 158 valence electrons. The maximum absolute atomic E-state index is 12.6. The van der Waals surface area contributed by atoms with E-state index >= 15 is 0 Å². The van der Waals surface area contributed by atoms with Crippen LogP contribution in [-0.2, 0) is 11.2 Å². The van der Waals surface area contributed by atoms with Gasteiger partial charge in [-0.3, -0.25) is 9.59 Å². The average molecular weight is 397 g/mol. The summed E-state index contributed by atoms with van der Waals surface area (Å²) >= 11 is 0. The van der Waals surface area contributed by atoms with Crippen molar-refractivity contribution in [2.45, 2.75) is 78.1 Å². The lowest BCUT2D eigenvalue weighted by molar-refractivity contribution is -0.131. The Balaban J connectivity index is 0.000000552. The molecule has 0 saturated heterocycles. The number of rotatable bonds is 4. The van der Waals surface area contributed by atoms with E-state index in [1.54, 1.807) is 14.0 Å². The van der Waals surface area contributed by atoms with Gasteiger partial charge < -0.3 is 4.74 Å². The van der Waals surface area contributed by atoms with E-state index in [0.717, 1.165) is 44.9 Å². The van der Waals surface area contributed by atoms with Gasteiger partial charge in [0, 0.05) is 11.8 Å². The highest BCUT2D eigenvalue weighted by Gasteiger charge is 2.56. The van der Waals surface area contributed by atoms with Crippen molar-refractivity contribution in [1.29, 1.82) is 0 Å². The van der Waals surface area contributed by atoms with Crippen molar-refractivity contribution in [3.8, 4) is 5.75 Å². The molecule has 2 fully saturated rings. The smallest absolute Gasteiger partial charge is 0.163 e. The largest absolute Gasteiger partial charge is 0.496 e. The highest BCUT2D eigenvalue weighted by Crippen LogP contribution is 2.61. The number of fused-ring (bicyclic) bond motifs is 5. The summed E-state index contributed by atoms with van der Waals surface area (Å²) in [6.45, 7) is 9.36. The van der Waals surface area contributed by atoms with Crippen LogP contribution in [0.25, 0.3) is 0 Å². The van der Waals surface area contributed by atoms with E-state index in [-0.39, 0.29) is 11.2 Å². The van der Waals surface area contributed by atoms with Crippen molar-refractivity contribution in [3.63, 3.8) is 0 Å². The van der Waals surface area contributed by atoms with Crippen LogP contribution in [-0.4, -0.2) is 18.7 Å². The van der Waals surface area contributed by atoms with Gasteiger partial charge in [0.2, 0.25) is 0 Å². The second-order valence-corrected chi connectivity index (χ2v) is 8.93. The predicted molar refractivity (Wildman–Crippen MR) is 118 cm³/mol. The van der Waals surface area contributed by atoms with Crippen LogP contribution in [0.4, 0.5) is 0 Å². The summed E-state index contributed by atoms with van der Waals surface area (Å²) in [6.07, 6.45) is 10.1. The molecule has 0 aromatic heterocycles. The first-order valence-corrected chi connectivity index (χ1v) is 11.3. The fourth-order valence-electron chi connectivity index (χ4n) is 6.27. The van der Waals surface area contributed by atoms with Crippen molar-refractivity contribution in [2.24, 2.45) is 17.3 Å². The van der Waals surface area contributed by atoms with E-state index < -0.39 is 0 Å². The molecule has 1 aromatic rings. The topological polar surface area (TPSA) is 43.4 Å². The minimum atomic E-state index is -0.0471. The Bertz CT molecular complexity index is 793. The van der Waals surface area contributed by atoms with Gasteiger partial charge in [-0.25, -0.2) is 0 Å². The lowest BCUT2D eigenvalue weighted by Gasteiger charge is -2.49. The molecule has 0 aliphatic heterocycles. The molecule has 4 atom stereocenters. The number of hydrogen-bond acceptors (Lipinski definition) is 3. The molecule has 3 nitrogen and oxygen atoms in total. The molecule has 0 heterocycles. The molecular weight excluding hydrogens is 360 g/mol. The molecule has 0 spiro atoms. The van der Waals surface area contributed by atoms with Gasteiger partial charge in [0.1, 0.15) is 11.5 Å². The quantitative estimate of drug-likeness (QED) is 0.443. The molecular formula is C26H36O3. The molecule has 4 rings (SSSR count). The minimum Gasteiger partial charge on any atom is -0.496 e. The van der Waals surface area contributed by atoms with Gasteiger partial charge in [0.25, 0.3) is 0 Å². The Morgan fingerprint density at radius 1 is 1.24 bits per heavy atom. The summed E-state index contributed by atoms with van der Waals surface area (Å²) in [5.74, 6) is 2.93. The Morgan fingerprint density at radius 3 is 2.55 bits per heavy atom. The average Bonchev–Trinajstić information content (AvgIpc) is 3.09. The summed E-state index contributed by atoms with van der Waals surface area (Å²) in [4.78, 5) is 24.7. The number of ether oxygens (including phenoxy) is 1. The second kappa shape index (κ2) is 8.85. The Morgan fingerprint density at radius 2 is 1.97 bits per heavy atom. The number of aryl methyl sites for hydroxylation is 1. The molecule has 3 heteroatoms. The molecule has 3 aliphatic rings. The lowest BCUT2D eigenvalue weighted by Crippen LogP contribution is -2.44. The zero-order valence-corrected chi connectivity index (χ0v) is 18.6. The Labute approximate surface area is 175 Å². The molecule has 0 N–H and O–H groups in total. The summed E-state index contributed by atoms with van der Waals surface area (Å²) in [6, 6.07) is 4.19. The van der Waals surface area contributed by atoms with E-state index in [9.17, 15) is 9.59 Å². The van der Waals surface area contributed by atoms with Gasteiger partial charge in [-0.1, -0.05) is 19.9 Å². The van der Waals surface area contributed by atoms with E-state index in [4.69, 9.17) is 4.74 Å². The van der Waals surface area contributed by atoms with Crippen LogP contribution in [0, 0.1) is 17.3 Å². The first-order valence-electron chi connectivity index (χ1n) is 11.3. The maximum atomic E-state index is 12.6. The van der Waals surface area contributed by atoms with Crippen LogP contribution in [0.3, 0.4) is 0 Å². The summed E-state index contributed by atoms with van der Waals surface area (Å²) in [7, 11) is 1.64. The normalized spacial score (nSPS) is 29.7. The fourth-order valence-corrected chi connectivity index (χ4v) is 6.27. The van der Waals surface area contributed by atoms with Crippen molar-refractivity contribution in [1.82, 2.24) is 0 Å². The molecule has 1 aromatic carbocycles. The van der Waals surface area contributed by atoms with Gasteiger partial charge >= 0.3 is 0 Å². The molecule has 2 saturated carbocycles. The highest BCUT2D eigenvalue weighted by atomic mass is 16.5. The number of carbonyl (C=O) groups is 2. The van der Waals surface area contributed by atoms with Crippen LogP contribution in [0.15, 0.2) is 24.8 Å². The molecule has 4 unspecified atom stereocenters. The summed E-state index contributed by atoms with van der Waals surface area (Å²) < 4.78 is 5.46. The predicted octanol–water partition coefficient (Wildman–Crippen LogP) is 6.30. The van der Waals surface area contributed by atoms with Gasteiger partial charge in [-0.2, -0.15) is 0 Å². The first-order chi connectivity index (χ1) is 13.9. The molecule has 0 bridgehead atoms. The molecule has 0 amide bonds. The van der Waals surface area contributed by atoms with Crippen molar-refractivity contribution >= 4 is 11.6 Å². The summed E-state index contributed by atoms with van der Waals surface area (Å²) in [5.41, 5.74) is 3.36. The number of allylic oxidation sites excluding steroid dienone is 1. The van der Waals surface area contributed by atoms with Crippen LogP contribution < -0.4 is 4.74 Å². The third-order valence-electron chi connectivity index (χ3n) is 7.79. The van der Waals surface area contributed by atoms with Crippen molar-refractivity contribution < 1.29 is 14.3 Å². The van der Waals surface area contributed by atoms with E-state index in [2.05, 4.69) is 32.6 Å². The zero-order chi connectivity index (χ0) is 21.2. The second-order valence-electron chi connectivity index (χ2n) is 8.93. The Kier molecular flexibility index (Phi) is 6.65. The molecule has 29 heavy (non-hydrogen) atoms. The minimum absolute atomic E-state index is 0.0471. The SMILES string of the molecule is C=CCC.CCC12CCC3c4cc(C(C)=O)c(OC)cc4CCC3C1CCC2=O. The van der Waals surface area contributed by atoms with Crippen molar-refractivity contribution in [3.05, 3.63) is 41.5 Å².